The van der Waals surface area contributed by atoms with E-state index in [1.54, 1.807) is 5.51 Å². The van der Waals surface area contributed by atoms with Crippen LogP contribution in [0.2, 0.25) is 0 Å². The molecule has 24 heavy (non-hydrogen) atoms. The fourth-order valence-electron chi connectivity index (χ4n) is 2.58. The molecule has 128 valence electrons. The predicted molar refractivity (Wildman–Crippen MR) is 97.4 cm³/mol. The highest BCUT2D eigenvalue weighted by Crippen LogP contribution is 2.24. The summed E-state index contributed by atoms with van der Waals surface area (Å²) < 4.78 is 0.810. The standard InChI is InChI=1S/C16H21N5OS2/c1-12(24-16-20-19-11-23-16)15(22)18-10-13-5-6-14(17-9-13)21-7-3-2-4-8-21/h5-6,9,11-12H,2-4,7-8,10H2,1H3,(H,18,22)/t12-/m1/s1. The van der Waals surface area contributed by atoms with Crippen molar-refractivity contribution in [1.82, 2.24) is 20.5 Å². The van der Waals surface area contributed by atoms with E-state index in [1.807, 2.05) is 25.3 Å². The van der Waals surface area contributed by atoms with Gasteiger partial charge in [-0.2, -0.15) is 0 Å². The zero-order valence-electron chi connectivity index (χ0n) is 13.6. The summed E-state index contributed by atoms with van der Waals surface area (Å²) in [6.07, 6.45) is 5.65. The van der Waals surface area contributed by atoms with Crippen LogP contribution in [0.25, 0.3) is 0 Å². The van der Waals surface area contributed by atoms with Crippen molar-refractivity contribution in [2.45, 2.75) is 42.3 Å². The maximum absolute atomic E-state index is 12.2. The van der Waals surface area contributed by atoms with Gasteiger partial charge < -0.3 is 10.2 Å². The third-order valence-electron chi connectivity index (χ3n) is 3.94. The SMILES string of the molecule is C[C@@H](Sc1nncs1)C(=O)NCc1ccc(N2CCCCC2)nc1. The molecule has 0 saturated carbocycles. The molecule has 8 heteroatoms. The molecule has 1 amide bonds. The Morgan fingerprint density at radius 1 is 1.38 bits per heavy atom. The molecule has 2 aromatic heterocycles. The molecule has 3 rings (SSSR count). The summed E-state index contributed by atoms with van der Waals surface area (Å²) in [6.45, 7) is 4.54. The van der Waals surface area contributed by atoms with Gasteiger partial charge in [0.2, 0.25) is 5.91 Å². The molecule has 0 unspecified atom stereocenters. The first-order valence-electron chi connectivity index (χ1n) is 8.13. The van der Waals surface area contributed by atoms with Crippen molar-refractivity contribution in [3.05, 3.63) is 29.4 Å². The number of thioether (sulfide) groups is 1. The topological polar surface area (TPSA) is 71.0 Å². The molecule has 0 radical (unpaired) electrons. The van der Waals surface area contributed by atoms with Gasteiger partial charge in [-0.25, -0.2) is 4.98 Å². The van der Waals surface area contributed by atoms with E-state index < -0.39 is 0 Å². The van der Waals surface area contributed by atoms with Gasteiger partial charge in [-0.15, -0.1) is 10.2 Å². The van der Waals surface area contributed by atoms with Gasteiger partial charge in [0.05, 0.1) is 5.25 Å². The minimum Gasteiger partial charge on any atom is -0.357 e. The number of anilines is 1. The summed E-state index contributed by atoms with van der Waals surface area (Å²) in [5.41, 5.74) is 2.68. The molecule has 1 aliphatic heterocycles. The number of piperidine rings is 1. The molecule has 6 nitrogen and oxygen atoms in total. The highest BCUT2D eigenvalue weighted by atomic mass is 32.2. The largest absolute Gasteiger partial charge is 0.357 e. The summed E-state index contributed by atoms with van der Waals surface area (Å²) in [5, 5.41) is 10.5. The van der Waals surface area contributed by atoms with Crippen LogP contribution in [-0.2, 0) is 11.3 Å². The Hall–Kier alpha value is -1.67. The first-order chi connectivity index (χ1) is 11.7. The van der Waals surface area contributed by atoms with Gasteiger partial charge in [-0.3, -0.25) is 4.79 Å². The molecule has 1 aliphatic rings. The van der Waals surface area contributed by atoms with Gasteiger partial charge in [0.25, 0.3) is 0 Å². The highest BCUT2D eigenvalue weighted by Gasteiger charge is 2.16. The van der Waals surface area contributed by atoms with E-state index in [0.717, 1.165) is 28.8 Å². The number of nitrogens with zero attached hydrogens (tertiary/aromatic N) is 4. The van der Waals surface area contributed by atoms with Crippen molar-refractivity contribution in [3.8, 4) is 0 Å². The minimum absolute atomic E-state index is 0.00435. The fourth-order valence-corrected chi connectivity index (χ4v) is 4.23. The quantitative estimate of drug-likeness (QED) is 0.796. The minimum atomic E-state index is -0.196. The lowest BCUT2D eigenvalue weighted by Gasteiger charge is -2.27. The average molecular weight is 364 g/mol. The van der Waals surface area contributed by atoms with Crippen LogP contribution in [0.4, 0.5) is 5.82 Å². The second kappa shape index (κ2) is 8.43. The third-order valence-corrected chi connectivity index (χ3v) is 5.85. The van der Waals surface area contributed by atoms with Crippen LogP contribution in [0.1, 0.15) is 31.7 Å². The number of rotatable bonds is 6. The molecule has 0 aromatic carbocycles. The van der Waals surface area contributed by atoms with Crippen LogP contribution >= 0.6 is 23.1 Å². The second-order valence-corrected chi connectivity index (χ2v) is 8.18. The van der Waals surface area contributed by atoms with Gasteiger partial charge in [-0.05, 0) is 37.8 Å². The Morgan fingerprint density at radius 3 is 2.88 bits per heavy atom. The predicted octanol–water partition coefficient (Wildman–Crippen LogP) is 2.72. The van der Waals surface area contributed by atoms with Crippen molar-refractivity contribution in [2.75, 3.05) is 18.0 Å². The second-order valence-electron chi connectivity index (χ2n) is 5.75. The van der Waals surface area contributed by atoms with Crippen LogP contribution in [0, 0.1) is 0 Å². The Morgan fingerprint density at radius 2 is 2.21 bits per heavy atom. The van der Waals surface area contributed by atoms with Gasteiger partial charge in [0.15, 0.2) is 4.34 Å². The van der Waals surface area contributed by atoms with Crippen molar-refractivity contribution >= 4 is 34.8 Å². The van der Waals surface area contributed by atoms with Gasteiger partial charge in [-0.1, -0.05) is 29.2 Å². The van der Waals surface area contributed by atoms with E-state index in [0.29, 0.717) is 6.54 Å². The van der Waals surface area contributed by atoms with Crippen LogP contribution in [0.15, 0.2) is 28.2 Å². The molecular formula is C16H21N5OS2. The van der Waals surface area contributed by atoms with Crippen LogP contribution in [-0.4, -0.2) is 39.4 Å². The molecular weight excluding hydrogens is 342 g/mol. The molecule has 0 spiro atoms. The van der Waals surface area contributed by atoms with Gasteiger partial charge >= 0.3 is 0 Å². The molecule has 0 bridgehead atoms. The van der Waals surface area contributed by atoms with Crippen LogP contribution in [0.5, 0.6) is 0 Å². The average Bonchev–Trinajstić information content (AvgIpc) is 3.14. The van der Waals surface area contributed by atoms with Crippen molar-refractivity contribution < 1.29 is 4.79 Å². The van der Waals surface area contributed by atoms with E-state index in [4.69, 9.17) is 0 Å². The number of carbonyl (C=O) groups excluding carboxylic acids is 1. The first kappa shape index (κ1) is 17.2. The lowest BCUT2D eigenvalue weighted by Crippen LogP contribution is -2.31. The Kier molecular flexibility index (Phi) is 6.03. The number of hydrogen-bond donors (Lipinski definition) is 1. The fraction of sp³-hybridized carbons (Fsp3) is 0.500. The zero-order valence-corrected chi connectivity index (χ0v) is 15.3. The van der Waals surface area contributed by atoms with E-state index in [-0.39, 0.29) is 11.2 Å². The highest BCUT2D eigenvalue weighted by molar-refractivity contribution is 8.02. The maximum atomic E-state index is 12.2. The van der Waals surface area contributed by atoms with Crippen LogP contribution < -0.4 is 10.2 Å². The Labute approximate surface area is 150 Å². The number of hydrogen-bond acceptors (Lipinski definition) is 7. The lowest BCUT2D eigenvalue weighted by atomic mass is 10.1. The molecule has 3 heterocycles. The zero-order chi connectivity index (χ0) is 16.8. The lowest BCUT2D eigenvalue weighted by molar-refractivity contribution is -0.120. The van der Waals surface area contributed by atoms with Gasteiger partial charge in [0.1, 0.15) is 11.3 Å². The Balaban J connectivity index is 1.48. The van der Waals surface area contributed by atoms with Crippen molar-refractivity contribution in [3.63, 3.8) is 0 Å². The summed E-state index contributed by atoms with van der Waals surface area (Å²) in [7, 11) is 0. The summed E-state index contributed by atoms with van der Waals surface area (Å²) in [6, 6.07) is 4.09. The molecule has 2 aromatic rings. The molecule has 1 N–H and O–H groups in total. The Bertz CT molecular complexity index is 641. The maximum Gasteiger partial charge on any atom is 0.233 e. The van der Waals surface area contributed by atoms with Crippen molar-refractivity contribution in [1.29, 1.82) is 0 Å². The number of pyridine rings is 1. The first-order valence-corrected chi connectivity index (χ1v) is 9.89. The normalized spacial score (nSPS) is 16.0. The van der Waals surface area contributed by atoms with Crippen LogP contribution in [0.3, 0.4) is 0 Å². The number of aromatic nitrogens is 3. The van der Waals surface area contributed by atoms with Gasteiger partial charge in [0, 0.05) is 25.8 Å². The number of amides is 1. The van der Waals surface area contributed by atoms with E-state index >= 15 is 0 Å². The number of carbonyl (C=O) groups is 1. The van der Waals surface area contributed by atoms with Crippen molar-refractivity contribution in [2.24, 2.45) is 0 Å². The molecule has 0 aliphatic carbocycles. The number of nitrogens with one attached hydrogen (secondary N) is 1. The summed E-state index contributed by atoms with van der Waals surface area (Å²) in [5.74, 6) is 1.03. The summed E-state index contributed by atoms with van der Waals surface area (Å²) >= 11 is 2.87. The van der Waals surface area contributed by atoms with E-state index in [2.05, 4.69) is 25.4 Å². The third kappa shape index (κ3) is 4.67. The monoisotopic (exact) mass is 363 g/mol. The molecule has 1 saturated heterocycles. The van der Waals surface area contributed by atoms with E-state index in [1.165, 1.54) is 42.4 Å². The molecule has 1 fully saturated rings. The van der Waals surface area contributed by atoms with E-state index in [9.17, 15) is 4.79 Å². The molecule has 1 atom stereocenters. The smallest absolute Gasteiger partial charge is 0.233 e. The summed E-state index contributed by atoms with van der Waals surface area (Å²) in [4.78, 5) is 19.0.